The number of carbonyl (C=O) groups excluding carboxylic acids is 2. The molecule has 0 unspecified atom stereocenters. The molecule has 0 aliphatic heterocycles. The van der Waals surface area contributed by atoms with E-state index >= 15 is 0 Å². The van der Waals surface area contributed by atoms with Crippen LogP contribution in [0, 0.1) is 0 Å². The summed E-state index contributed by atoms with van der Waals surface area (Å²) in [6.07, 6.45) is 3.86. The molecule has 26 heavy (non-hydrogen) atoms. The number of aldehydes is 1. The van der Waals surface area contributed by atoms with E-state index in [1.807, 2.05) is 36.4 Å². The van der Waals surface area contributed by atoms with Crippen molar-refractivity contribution in [3.8, 4) is 22.6 Å². The Labute approximate surface area is 153 Å². The third-order valence-electron chi connectivity index (χ3n) is 4.11. The Morgan fingerprint density at radius 1 is 1.00 bits per heavy atom. The van der Waals surface area contributed by atoms with Crippen LogP contribution in [0.2, 0.25) is 0 Å². The number of allylic oxidation sites excluding steroid dienone is 3. The molecule has 2 aromatic rings. The first-order valence-electron chi connectivity index (χ1n) is 8.26. The Morgan fingerprint density at radius 3 is 2.23 bits per heavy atom. The van der Waals surface area contributed by atoms with Crippen LogP contribution in [0.1, 0.15) is 26.3 Å². The van der Waals surface area contributed by atoms with Gasteiger partial charge >= 0.3 is 5.97 Å². The SMILES string of the molecule is C/C=C(\C)C(=O)Oc1cc(-c2ccc(OC)cc2)ccc1/C(C)=C/C=O. The first-order chi connectivity index (χ1) is 12.5. The fourth-order valence-electron chi connectivity index (χ4n) is 2.39. The lowest BCUT2D eigenvalue weighted by Gasteiger charge is -2.13. The smallest absolute Gasteiger partial charge is 0.338 e. The van der Waals surface area contributed by atoms with Crippen LogP contribution >= 0.6 is 0 Å². The summed E-state index contributed by atoms with van der Waals surface area (Å²) in [5.74, 6) is 0.769. The molecule has 0 bridgehead atoms. The zero-order chi connectivity index (χ0) is 19.1. The van der Waals surface area contributed by atoms with Crippen molar-refractivity contribution in [3.63, 3.8) is 0 Å². The molecular formula is C22H22O4. The van der Waals surface area contributed by atoms with E-state index in [4.69, 9.17) is 9.47 Å². The van der Waals surface area contributed by atoms with Crippen LogP contribution in [-0.2, 0) is 9.59 Å². The zero-order valence-corrected chi connectivity index (χ0v) is 15.4. The highest BCUT2D eigenvalue weighted by Gasteiger charge is 2.13. The topological polar surface area (TPSA) is 52.6 Å². The van der Waals surface area contributed by atoms with Crippen LogP contribution in [-0.4, -0.2) is 19.4 Å². The standard InChI is InChI=1S/C22H22O4/c1-5-15(2)22(24)26-21-14-18(8-11-20(21)16(3)12-13-23)17-6-9-19(25-4)10-7-17/h5-14H,1-4H3/b15-5+,16-12+. The average molecular weight is 350 g/mol. The minimum absolute atomic E-state index is 0.417. The number of methoxy groups -OCH3 is 1. The van der Waals surface area contributed by atoms with Crippen molar-refractivity contribution in [1.82, 2.24) is 0 Å². The Balaban J connectivity index is 2.49. The van der Waals surface area contributed by atoms with E-state index in [1.54, 1.807) is 40.0 Å². The van der Waals surface area contributed by atoms with Gasteiger partial charge in [-0.3, -0.25) is 4.79 Å². The molecule has 0 saturated heterocycles. The van der Waals surface area contributed by atoms with Gasteiger partial charge in [-0.2, -0.15) is 0 Å². The molecule has 2 aromatic carbocycles. The second-order valence-corrected chi connectivity index (χ2v) is 5.79. The lowest BCUT2D eigenvalue weighted by Crippen LogP contribution is -2.10. The van der Waals surface area contributed by atoms with Gasteiger partial charge in [-0.05, 0) is 61.7 Å². The van der Waals surface area contributed by atoms with Crippen LogP contribution in [0.25, 0.3) is 16.7 Å². The summed E-state index contributed by atoms with van der Waals surface area (Å²) in [5.41, 5.74) is 3.81. The Morgan fingerprint density at radius 2 is 1.65 bits per heavy atom. The van der Waals surface area contributed by atoms with Crippen molar-refractivity contribution >= 4 is 17.8 Å². The van der Waals surface area contributed by atoms with Gasteiger partial charge in [0.15, 0.2) is 0 Å². The number of carbonyl (C=O) groups is 2. The summed E-state index contributed by atoms with van der Waals surface area (Å²) < 4.78 is 10.8. The normalized spacial score (nSPS) is 11.8. The number of esters is 1. The third-order valence-corrected chi connectivity index (χ3v) is 4.11. The summed E-state index contributed by atoms with van der Waals surface area (Å²) in [6.45, 7) is 5.28. The summed E-state index contributed by atoms with van der Waals surface area (Å²) in [4.78, 5) is 23.0. The van der Waals surface area contributed by atoms with Crippen molar-refractivity contribution < 1.29 is 19.1 Å². The number of ether oxygens (including phenoxy) is 2. The molecule has 4 heteroatoms. The highest BCUT2D eigenvalue weighted by molar-refractivity contribution is 5.91. The molecular weight excluding hydrogens is 328 g/mol. The molecule has 0 amide bonds. The quantitative estimate of drug-likeness (QED) is 0.324. The molecule has 134 valence electrons. The van der Waals surface area contributed by atoms with E-state index in [0.29, 0.717) is 16.9 Å². The predicted molar refractivity (Wildman–Crippen MR) is 103 cm³/mol. The summed E-state index contributed by atoms with van der Waals surface area (Å²) >= 11 is 0. The molecule has 0 heterocycles. The Kier molecular flexibility index (Phi) is 6.50. The van der Waals surface area contributed by atoms with Gasteiger partial charge in [0.05, 0.1) is 7.11 Å². The highest BCUT2D eigenvalue weighted by Crippen LogP contribution is 2.32. The first kappa shape index (κ1) is 19.2. The fourth-order valence-corrected chi connectivity index (χ4v) is 2.39. The van der Waals surface area contributed by atoms with E-state index < -0.39 is 5.97 Å². The molecule has 0 aliphatic carbocycles. The van der Waals surface area contributed by atoms with E-state index in [1.165, 1.54) is 6.08 Å². The second-order valence-electron chi connectivity index (χ2n) is 5.79. The second kappa shape index (κ2) is 8.81. The van der Waals surface area contributed by atoms with Gasteiger partial charge in [0, 0.05) is 11.1 Å². The number of hydrogen-bond donors (Lipinski definition) is 0. The molecule has 0 spiro atoms. The molecule has 0 N–H and O–H groups in total. The molecule has 0 saturated carbocycles. The van der Waals surface area contributed by atoms with Gasteiger partial charge in [-0.25, -0.2) is 4.79 Å². The number of rotatable bonds is 6. The number of benzene rings is 2. The summed E-state index contributed by atoms with van der Waals surface area (Å²) in [6, 6.07) is 13.2. The predicted octanol–water partition coefficient (Wildman–Crippen LogP) is 4.84. The maximum Gasteiger partial charge on any atom is 0.338 e. The van der Waals surface area contributed by atoms with Crippen LogP contribution < -0.4 is 9.47 Å². The monoisotopic (exact) mass is 350 g/mol. The molecule has 0 radical (unpaired) electrons. The average Bonchev–Trinajstić information content (AvgIpc) is 2.67. The molecule has 2 rings (SSSR count). The zero-order valence-electron chi connectivity index (χ0n) is 15.4. The maximum absolute atomic E-state index is 12.2. The summed E-state index contributed by atoms with van der Waals surface area (Å²) in [5, 5.41) is 0. The fraction of sp³-hybridized carbons (Fsp3) is 0.182. The van der Waals surface area contributed by atoms with Crippen LogP contribution in [0.15, 0.2) is 60.2 Å². The third kappa shape index (κ3) is 4.48. The van der Waals surface area contributed by atoms with Gasteiger partial charge in [-0.15, -0.1) is 0 Å². The largest absolute Gasteiger partial charge is 0.497 e. The van der Waals surface area contributed by atoms with Crippen LogP contribution in [0.3, 0.4) is 0 Å². The Bertz CT molecular complexity index is 858. The molecule has 0 fully saturated rings. The van der Waals surface area contributed by atoms with Gasteiger partial charge in [0.25, 0.3) is 0 Å². The minimum Gasteiger partial charge on any atom is -0.497 e. The molecule has 0 atom stereocenters. The van der Waals surface area contributed by atoms with E-state index in [-0.39, 0.29) is 0 Å². The van der Waals surface area contributed by atoms with Crippen molar-refractivity contribution in [2.75, 3.05) is 7.11 Å². The van der Waals surface area contributed by atoms with Gasteiger partial charge in [0.2, 0.25) is 0 Å². The van der Waals surface area contributed by atoms with Gasteiger partial charge < -0.3 is 9.47 Å². The van der Waals surface area contributed by atoms with Crippen LogP contribution in [0.5, 0.6) is 11.5 Å². The van der Waals surface area contributed by atoms with E-state index in [9.17, 15) is 9.59 Å². The van der Waals surface area contributed by atoms with E-state index in [0.717, 1.165) is 28.7 Å². The molecule has 0 aliphatic rings. The van der Waals surface area contributed by atoms with Crippen molar-refractivity contribution in [3.05, 3.63) is 65.8 Å². The summed E-state index contributed by atoms with van der Waals surface area (Å²) in [7, 11) is 1.62. The van der Waals surface area contributed by atoms with Crippen molar-refractivity contribution in [2.24, 2.45) is 0 Å². The molecule has 0 aromatic heterocycles. The highest BCUT2D eigenvalue weighted by atomic mass is 16.5. The lowest BCUT2D eigenvalue weighted by molar-refractivity contribution is -0.130. The van der Waals surface area contributed by atoms with Crippen LogP contribution in [0.4, 0.5) is 0 Å². The van der Waals surface area contributed by atoms with Crippen molar-refractivity contribution in [2.45, 2.75) is 20.8 Å². The number of hydrogen-bond acceptors (Lipinski definition) is 4. The maximum atomic E-state index is 12.2. The Hall–Kier alpha value is -3.14. The minimum atomic E-state index is -0.417. The van der Waals surface area contributed by atoms with Gasteiger partial charge in [0.1, 0.15) is 17.8 Å². The molecule has 4 nitrogen and oxygen atoms in total. The van der Waals surface area contributed by atoms with Gasteiger partial charge in [-0.1, -0.05) is 30.3 Å². The van der Waals surface area contributed by atoms with E-state index in [2.05, 4.69) is 0 Å². The van der Waals surface area contributed by atoms with Crippen molar-refractivity contribution in [1.29, 1.82) is 0 Å². The first-order valence-corrected chi connectivity index (χ1v) is 8.26. The lowest BCUT2D eigenvalue weighted by atomic mass is 9.99.